The van der Waals surface area contributed by atoms with E-state index in [1.54, 1.807) is 12.3 Å². The number of nitrogens with two attached hydrogens (primary N) is 1. The quantitative estimate of drug-likeness (QED) is 0.840. The molecule has 0 aliphatic heterocycles. The van der Waals surface area contributed by atoms with Crippen LogP contribution >= 0.6 is 15.9 Å². The summed E-state index contributed by atoms with van der Waals surface area (Å²) >= 11 is 3.30. The van der Waals surface area contributed by atoms with Gasteiger partial charge in [0.05, 0.1) is 12.8 Å². The van der Waals surface area contributed by atoms with E-state index in [1.807, 2.05) is 11.8 Å². The van der Waals surface area contributed by atoms with E-state index in [9.17, 15) is 4.79 Å². The van der Waals surface area contributed by atoms with Crippen LogP contribution in [0.4, 0.5) is 11.5 Å². The number of ether oxygens (including phenoxy) is 1. The lowest BCUT2D eigenvalue weighted by Gasteiger charge is -2.23. The van der Waals surface area contributed by atoms with Gasteiger partial charge in [0.25, 0.3) is 0 Å². The Morgan fingerprint density at radius 1 is 1.65 bits per heavy atom. The highest BCUT2D eigenvalue weighted by Crippen LogP contribution is 2.23. The molecule has 0 bridgehead atoms. The molecule has 0 unspecified atom stereocenters. The third-order valence-corrected chi connectivity index (χ3v) is 2.64. The highest BCUT2D eigenvalue weighted by atomic mass is 79.9. The largest absolute Gasteiger partial charge is 0.468 e. The van der Waals surface area contributed by atoms with Crippen LogP contribution < -0.4 is 10.6 Å². The number of rotatable bonds is 5. The lowest BCUT2D eigenvalue weighted by molar-refractivity contribution is -0.138. The summed E-state index contributed by atoms with van der Waals surface area (Å²) in [5.74, 6) is 0.308. The number of anilines is 2. The standard InChI is InChI=1S/C11H16BrN3O2/c1-3-4-15(7-10(16)17-2)11-9(13)5-8(12)6-14-11/h5-6H,3-4,7,13H2,1-2H3. The first-order chi connectivity index (χ1) is 8.08. The van der Waals surface area contributed by atoms with Crippen molar-refractivity contribution in [2.45, 2.75) is 13.3 Å². The lowest BCUT2D eigenvalue weighted by Crippen LogP contribution is -2.32. The number of carbonyl (C=O) groups excluding carboxylic acids is 1. The predicted molar refractivity (Wildman–Crippen MR) is 70.9 cm³/mol. The van der Waals surface area contributed by atoms with E-state index in [4.69, 9.17) is 5.73 Å². The third-order valence-electron chi connectivity index (χ3n) is 2.20. The van der Waals surface area contributed by atoms with Crippen molar-refractivity contribution in [2.75, 3.05) is 30.8 Å². The first-order valence-electron chi connectivity index (χ1n) is 5.31. The Hall–Kier alpha value is -1.30. The molecule has 6 heteroatoms. The molecule has 0 aromatic carbocycles. The van der Waals surface area contributed by atoms with Crippen LogP contribution in [-0.4, -0.2) is 31.2 Å². The number of hydrogen-bond acceptors (Lipinski definition) is 5. The van der Waals surface area contributed by atoms with E-state index < -0.39 is 0 Å². The molecule has 0 saturated heterocycles. The summed E-state index contributed by atoms with van der Waals surface area (Å²) in [6.45, 7) is 2.89. The van der Waals surface area contributed by atoms with E-state index >= 15 is 0 Å². The van der Waals surface area contributed by atoms with Gasteiger partial charge in [0, 0.05) is 17.2 Å². The molecule has 0 radical (unpaired) electrons. The molecule has 1 rings (SSSR count). The van der Waals surface area contributed by atoms with Crippen molar-refractivity contribution in [3.8, 4) is 0 Å². The molecule has 0 atom stereocenters. The summed E-state index contributed by atoms with van der Waals surface area (Å²) < 4.78 is 5.47. The average molecular weight is 302 g/mol. The minimum Gasteiger partial charge on any atom is -0.468 e. The van der Waals surface area contributed by atoms with Crippen LogP contribution in [0, 0.1) is 0 Å². The van der Waals surface area contributed by atoms with Crippen LogP contribution in [0.15, 0.2) is 16.7 Å². The molecular formula is C11H16BrN3O2. The van der Waals surface area contributed by atoms with Crippen molar-refractivity contribution in [1.82, 2.24) is 4.98 Å². The van der Waals surface area contributed by atoms with Gasteiger partial charge in [-0.25, -0.2) is 4.98 Å². The zero-order chi connectivity index (χ0) is 12.8. The number of esters is 1. The zero-order valence-corrected chi connectivity index (χ0v) is 11.5. The van der Waals surface area contributed by atoms with Gasteiger partial charge < -0.3 is 15.4 Å². The minimum atomic E-state index is -0.303. The lowest BCUT2D eigenvalue weighted by atomic mass is 10.3. The second-order valence-electron chi connectivity index (χ2n) is 3.56. The maximum atomic E-state index is 11.3. The van der Waals surface area contributed by atoms with Gasteiger partial charge in [0.2, 0.25) is 0 Å². The molecule has 0 aliphatic rings. The van der Waals surface area contributed by atoms with E-state index in [2.05, 4.69) is 25.7 Å². The summed E-state index contributed by atoms with van der Waals surface area (Å²) in [6, 6.07) is 1.77. The molecule has 17 heavy (non-hydrogen) atoms. The Labute approximate surface area is 109 Å². The van der Waals surface area contributed by atoms with E-state index in [-0.39, 0.29) is 12.5 Å². The van der Waals surface area contributed by atoms with E-state index in [1.165, 1.54) is 7.11 Å². The van der Waals surface area contributed by atoms with E-state index in [0.717, 1.165) is 10.9 Å². The van der Waals surface area contributed by atoms with Crippen molar-refractivity contribution in [3.05, 3.63) is 16.7 Å². The van der Waals surface area contributed by atoms with Crippen molar-refractivity contribution in [3.63, 3.8) is 0 Å². The monoisotopic (exact) mass is 301 g/mol. The summed E-state index contributed by atoms with van der Waals surface area (Å²) in [5, 5.41) is 0. The van der Waals surface area contributed by atoms with Crippen LogP contribution in [0.1, 0.15) is 13.3 Å². The van der Waals surface area contributed by atoms with Gasteiger partial charge in [-0.05, 0) is 28.4 Å². The Bertz CT molecular complexity index is 398. The number of hydrogen-bond donors (Lipinski definition) is 1. The predicted octanol–water partition coefficient (Wildman–Crippen LogP) is 1.82. The van der Waals surface area contributed by atoms with Crippen LogP contribution in [0.2, 0.25) is 0 Å². The molecule has 0 amide bonds. The number of nitrogens with zero attached hydrogens (tertiary/aromatic N) is 2. The van der Waals surface area contributed by atoms with E-state index in [0.29, 0.717) is 18.1 Å². The molecule has 0 spiro atoms. The fraction of sp³-hybridized carbons (Fsp3) is 0.455. The van der Waals surface area contributed by atoms with Gasteiger partial charge in [-0.15, -0.1) is 0 Å². The fourth-order valence-corrected chi connectivity index (χ4v) is 1.81. The molecule has 94 valence electrons. The smallest absolute Gasteiger partial charge is 0.325 e. The maximum absolute atomic E-state index is 11.3. The third kappa shape index (κ3) is 3.89. The van der Waals surface area contributed by atoms with Crippen molar-refractivity contribution < 1.29 is 9.53 Å². The van der Waals surface area contributed by atoms with Crippen molar-refractivity contribution in [2.24, 2.45) is 0 Å². The fourth-order valence-electron chi connectivity index (χ4n) is 1.46. The summed E-state index contributed by atoms with van der Waals surface area (Å²) in [7, 11) is 1.37. The molecule has 1 aromatic heterocycles. The molecule has 0 aliphatic carbocycles. The molecule has 0 fully saturated rings. The first-order valence-corrected chi connectivity index (χ1v) is 6.10. The second-order valence-corrected chi connectivity index (χ2v) is 4.48. The van der Waals surface area contributed by atoms with Crippen LogP contribution in [-0.2, 0) is 9.53 Å². The minimum absolute atomic E-state index is 0.156. The van der Waals surface area contributed by atoms with Gasteiger partial charge in [0.1, 0.15) is 6.54 Å². The zero-order valence-electron chi connectivity index (χ0n) is 9.94. The Morgan fingerprint density at radius 2 is 2.35 bits per heavy atom. The number of nitrogen functional groups attached to an aromatic ring is 1. The van der Waals surface area contributed by atoms with Gasteiger partial charge in [-0.1, -0.05) is 6.92 Å². The Kier molecular flexibility index (Phi) is 5.21. The number of methoxy groups -OCH3 is 1. The van der Waals surface area contributed by atoms with Crippen molar-refractivity contribution >= 4 is 33.4 Å². The summed E-state index contributed by atoms with van der Waals surface area (Å²) in [4.78, 5) is 17.4. The Morgan fingerprint density at radius 3 is 2.88 bits per heavy atom. The first kappa shape index (κ1) is 13.8. The highest BCUT2D eigenvalue weighted by Gasteiger charge is 2.15. The number of aromatic nitrogens is 1. The Balaban J connectivity index is 2.92. The SMILES string of the molecule is CCCN(CC(=O)OC)c1ncc(Br)cc1N. The number of pyridine rings is 1. The molecule has 0 saturated carbocycles. The summed E-state index contributed by atoms with van der Waals surface area (Å²) in [5.41, 5.74) is 6.42. The molecule has 5 nitrogen and oxygen atoms in total. The number of halogens is 1. The highest BCUT2D eigenvalue weighted by molar-refractivity contribution is 9.10. The molecule has 1 heterocycles. The average Bonchev–Trinajstić information content (AvgIpc) is 2.28. The van der Waals surface area contributed by atoms with Gasteiger partial charge >= 0.3 is 5.97 Å². The topological polar surface area (TPSA) is 68.5 Å². The molecule has 2 N–H and O–H groups in total. The summed E-state index contributed by atoms with van der Waals surface area (Å²) in [6.07, 6.45) is 2.56. The van der Waals surface area contributed by atoms with Gasteiger partial charge in [-0.3, -0.25) is 4.79 Å². The van der Waals surface area contributed by atoms with Crippen molar-refractivity contribution in [1.29, 1.82) is 0 Å². The van der Waals surface area contributed by atoms with Gasteiger partial charge in [0.15, 0.2) is 5.82 Å². The molecular weight excluding hydrogens is 286 g/mol. The van der Waals surface area contributed by atoms with Crippen LogP contribution in [0.5, 0.6) is 0 Å². The molecule has 1 aromatic rings. The normalized spacial score (nSPS) is 10.1. The van der Waals surface area contributed by atoms with Gasteiger partial charge in [-0.2, -0.15) is 0 Å². The van der Waals surface area contributed by atoms with Crippen LogP contribution in [0.25, 0.3) is 0 Å². The number of carbonyl (C=O) groups is 1. The van der Waals surface area contributed by atoms with Crippen LogP contribution in [0.3, 0.4) is 0 Å². The maximum Gasteiger partial charge on any atom is 0.325 e. The second kappa shape index (κ2) is 6.44.